The molecule has 0 aliphatic rings. The molecule has 31 heavy (non-hydrogen) atoms. The first kappa shape index (κ1) is 22.2. The van der Waals surface area contributed by atoms with Crippen LogP contribution in [0.3, 0.4) is 0 Å². The van der Waals surface area contributed by atoms with E-state index in [1.807, 2.05) is 11.8 Å². The highest BCUT2D eigenvalue weighted by atomic mass is 19.4. The van der Waals surface area contributed by atoms with Gasteiger partial charge in [0.05, 0.1) is 5.56 Å². The first-order valence-corrected chi connectivity index (χ1v) is 9.39. The molecule has 1 amide bonds. The molecule has 9 heteroatoms. The molecule has 0 saturated heterocycles. The Balaban J connectivity index is 1.95. The Labute approximate surface area is 177 Å². The van der Waals surface area contributed by atoms with Gasteiger partial charge in [-0.15, -0.1) is 0 Å². The zero-order valence-electron chi connectivity index (χ0n) is 17.3. The Morgan fingerprint density at radius 3 is 2.39 bits per heavy atom. The van der Waals surface area contributed by atoms with Gasteiger partial charge >= 0.3 is 6.18 Å². The second-order valence-electron chi connectivity index (χ2n) is 7.42. The van der Waals surface area contributed by atoms with Gasteiger partial charge < -0.3 is 16.0 Å². The summed E-state index contributed by atoms with van der Waals surface area (Å²) in [5, 5.41) is 2.64. The first-order chi connectivity index (χ1) is 14.5. The number of hydrogen-bond acceptors (Lipinski definition) is 5. The van der Waals surface area contributed by atoms with Crippen LogP contribution in [0.15, 0.2) is 48.8 Å². The van der Waals surface area contributed by atoms with Crippen molar-refractivity contribution in [2.75, 3.05) is 25.1 Å². The largest absolute Gasteiger partial charge is 0.416 e. The van der Waals surface area contributed by atoms with Crippen LogP contribution in [-0.4, -0.2) is 34.9 Å². The predicted molar refractivity (Wildman–Crippen MR) is 113 cm³/mol. The molecule has 0 atom stereocenters. The van der Waals surface area contributed by atoms with Gasteiger partial charge in [-0.2, -0.15) is 13.2 Å². The van der Waals surface area contributed by atoms with Crippen molar-refractivity contribution in [1.29, 1.82) is 0 Å². The van der Waals surface area contributed by atoms with Gasteiger partial charge in [0.15, 0.2) is 0 Å². The van der Waals surface area contributed by atoms with Crippen LogP contribution in [-0.2, 0) is 12.7 Å². The summed E-state index contributed by atoms with van der Waals surface area (Å²) in [5.74, 6) is -0.384. The van der Waals surface area contributed by atoms with Gasteiger partial charge in [0, 0.05) is 35.8 Å². The molecule has 0 saturated carbocycles. The Morgan fingerprint density at radius 1 is 1.10 bits per heavy atom. The van der Waals surface area contributed by atoms with E-state index in [0.29, 0.717) is 23.2 Å². The van der Waals surface area contributed by atoms with Crippen LogP contribution in [0.2, 0.25) is 0 Å². The summed E-state index contributed by atoms with van der Waals surface area (Å²) >= 11 is 0. The summed E-state index contributed by atoms with van der Waals surface area (Å²) in [5.41, 5.74) is 7.98. The van der Waals surface area contributed by atoms with Crippen molar-refractivity contribution in [3.63, 3.8) is 0 Å². The summed E-state index contributed by atoms with van der Waals surface area (Å²) in [6.45, 7) is 2.24. The minimum Gasteiger partial charge on any atom is -0.368 e. The van der Waals surface area contributed by atoms with Crippen LogP contribution in [0.1, 0.15) is 27.0 Å². The minimum atomic E-state index is -4.51. The van der Waals surface area contributed by atoms with Crippen molar-refractivity contribution in [1.82, 2.24) is 14.9 Å². The third-order valence-electron chi connectivity index (χ3n) is 4.65. The molecule has 0 aliphatic carbocycles. The van der Waals surface area contributed by atoms with Gasteiger partial charge in [-0.25, -0.2) is 9.97 Å². The van der Waals surface area contributed by atoms with Gasteiger partial charge in [0.1, 0.15) is 0 Å². The highest BCUT2D eigenvalue weighted by Gasteiger charge is 2.31. The highest BCUT2D eigenvalue weighted by molar-refractivity contribution is 6.05. The number of hydrogen-bond donors (Lipinski definition) is 2. The van der Waals surface area contributed by atoms with Crippen molar-refractivity contribution < 1.29 is 18.0 Å². The number of carbonyl (C=O) groups is 1. The van der Waals surface area contributed by atoms with E-state index < -0.39 is 17.6 Å². The quantitative estimate of drug-likeness (QED) is 0.629. The number of benzene rings is 2. The molecule has 0 unspecified atom stereocenters. The molecule has 1 aromatic heterocycles. The average Bonchev–Trinajstić information content (AvgIpc) is 2.69. The maximum atomic E-state index is 13.2. The molecule has 0 spiro atoms. The molecule has 3 aromatic rings. The summed E-state index contributed by atoms with van der Waals surface area (Å²) in [4.78, 5) is 22.6. The van der Waals surface area contributed by atoms with Gasteiger partial charge in [-0.05, 0) is 62.0 Å². The third kappa shape index (κ3) is 5.37. The number of anilines is 2. The van der Waals surface area contributed by atoms with Crippen molar-refractivity contribution in [2.45, 2.75) is 19.6 Å². The normalized spacial score (nSPS) is 11.6. The van der Waals surface area contributed by atoms with Crippen LogP contribution in [0.5, 0.6) is 0 Å². The Hall–Kier alpha value is -3.46. The van der Waals surface area contributed by atoms with Gasteiger partial charge in [0.25, 0.3) is 5.91 Å². The topological polar surface area (TPSA) is 84.1 Å². The molecule has 1 heterocycles. The monoisotopic (exact) mass is 429 g/mol. The van der Waals surface area contributed by atoms with Crippen LogP contribution in [0, 0.1) is 6.92 Å². The molecule has 0 bridgehead atoms. The fourth-order valence-electron chi connectivity index (χ4n) is 3.09. The number of nitrogen functional groups attached to an aromatic ring is 1. The Morgan fingerprint density at radius 2 is 1.77 bits per heavy atom. The van der Waals surface area contributed by atoms with Gasteiger partial charge in [0.2, 0.25) is 5.95 Å². The third-order valence-corrected chi connectivity index (χ3v) is 4.65. The SMILES string of the molecule is Cc1ccc(C(=O)Nc2cc(C(F)(F)F)ccc2CN(C)C)cc1-c1cnc(N)nc1. The molecular weight excluding hydrogens is 407 g/mol. The second-order valence-corrected chi connectivity index (χ2v) is 7.42. The molecule has 0 fully saturated rings. The number of aryl methyl sites for hydroxylation is 1. The molecule has 2 aromatic carbocycles. The number of rotatable bonds is 5. The highest BCUT2D eigenvalue weighted by Crippen LogP contribution is 2.33. The molecule has 3 rings (SSSR count). The van der Waals surface area contributed by atoms with Crippen molar-refractivity contribution in [3.8, 4) is 11.1 Å². The van der Waals surface area contributed by atoms with E-state index in [-0.39, 0.29) is 11.6 Å². The Bertz CT molecular complexity index is 1100. The van der Waals surface area contributed by atoms with E-state index in [0.717, 1.165) is 23.3 Å². The fourth-order valence-corrected chi connectivity index (χ4v) is 3.09. The number of halogens is 3. The number of alkyl halides is 3. The lowest BCUT2D eigenvalue weighted by atomic mass is 9.99. The maximum absolute atomic E-state index is 13.2. The average molecular weight is 429 g/mol. The lowest BCUT2D eigenvalue weighted by Gasteiger charge is -2.17. The van der Waals surface area contributed by atoms with E-state index >= 15 is 0 Å². The number of nitrogens with two attached hydrogens (primary N) is 1. The summed E-state index contributed by atoms with van der Waals surface area (Å²) in [6, 6.07) is 8.38. The van der Waals surface area contributed by atoms with Crippen molar-refractivity contribution in [3.05, 3.63) is 71.0 Å². The fraction of sp³-hybridized carbons (Fsp3) is 0.227. The molecule has 162 valence electrons. The van der Waals surface area contributed by atoms with E-state index in [2.05, 4.69) is 15.3 Å². The standard InChI is InChI=1S/C22H22F3N5O/c1-13-4-5-14(8-18(13)16-10-27-21(26)28-11-16)20(31)29-19-9-17(22(23,24)25)7-6-15(19)12-30(2)3/h4-11H,12H2,1-3H3,(H,29,31)(H2,26,27,28). The zero-order chi connectivity index (χ0) is 22.8. The second kappa shape index (κ2) is 8.73. The van der Waals surface area contributed by atoms with Crippen LogP contribution < -0.4 is 11.1 Å². The van der Waals surface area contributed by atoms with Crippen LogP contribution in [0.25, 0.3) is 11.1 Å². The predicted octanol–water partition coefficient (Wildman–Crippen LogP) is 4.37. The van der Waals surface area contributed by atoms with Crippen LogP contribution in [0.4, 0.5) is 24.8 Å². The maximum Gasteiger partial charge on any atom is 0.416 e. The lowest BCUT2D eigenvalue weighted by Crippen LogP contribution is -2.18. The molecular formula is C22H22F3N5O. The number of aromatic nitrogens is 2. The summed E-state index contributed by atoms with van der Waals surface area (Å²) < 4.78 is 39.6. The van der Waals surface area contributed by atoms with Crippen LogP contribution >= 0.6 is 0 Å². The molecule has 3 N–H and O–H groups in total. The molecule has 6 nitrogen and oxygen atoms in total. The van der Waals surface area contributed by atoms with Crippen molar-refractivity contribution in [2.24, 2.45) is 0 Å². The zero-order valence-corrected chi connectivity index (χ0v) is 17.3. The molecule has 0 radical (unpaired) electrons. The molecule has 0 aliphatic heterocycles. The minimum absolute atomic E-state index is 0.117. The first-order valence-electron chi connectivity index (χ1n) is 9.39. The smallest absolute Gasteiger partial charge is 0.368 e. The summed E-state index contributed by atoms with van der Waals surface area (Å²) in [6.07, 6.45) is -1.41. The summed E-state index contributed by atoms with van der Waals surface area (Å²) in [7, 11) is 3.59. The van der Waals surface area contributed by atoms with Gasteiger partial charge in [-0.1, -0.05) is 12.1 Å². The van der Waals surface area contributed by atoms with E-state index in [9.17, 15) is 18.0 Å². The number of carbonyl (C=O) groups excluding carboxylic acids is 1. The van der Waals surface area contributed by atoms with E-state index in [4.69, 9.17) is 5.73 Å². The number of amides is 1. The van der Waals surface area contributed by atoms with Crippen molar-refractivity contribution >= 4 is 17.5 Å². The number of nitrogens with one attached hydrogen (secondary N) is 1. The number of nitrogens with zero attached hydrogens (tertiary/aromatic N) is 3. The van der Waals surface area contributed by atoms with Gasteiger partial charge in [-0.3, -0.25) is 4.79 Å². The Kier molecular flexibility index (Phi) is 6.26. The van der Waals surface area contributed by atoms with E-state index in [1.165, 1.54) is 6.07 Å². The van der Waals surface area contributed by atoms with E-state index in [1.54, 1.807) is 44.7 Å². The lowest BCUT2D eigenvalue weighted by molar-refractivity contribution is -0.137.